The van der Waals surface area contributed by atoms with Crippen molar-refractivity contribution in [1.29, 1.82) is 0 Å². The van der Waals surface area contributed by atoms with Crippen LogP contribution in [0.3, 0.4) is 0 Å². The van der Waals surface area contributed by atoms with Crippen LogP contribution in [0, 0.1) is 13.8 Å². The molecular formula is C17H21ClN4O3. The van der Waals surface area contributed by atoms with E-state index in [0.717, 1.165) is 17.0 Å². The van der Waals surface area contributed by atoms with Crippen molar-refractivity contribution in [3.8, 4) is 0 Å². The number of amides is 2. The summed E-state index contributed by atoms with van der Waals surface area (Å²) in [6.45, 7) is 7.60. The summed E-state index contributed by atoms with van der Waals surface area (Å²) in [6, 6.07) is 4.14. The van der Waals surface area contributed by atoms with E-state index in [2.05, 4.69) is 20.8 Å². The lowest BCUT2D eigenvalue weighted by Gasteiger charge is -2.12. The first kappa shape index (κ1) is 18.8. The zero-order chi connectivity index (χ0) is 18.6. The number of ether oxygens (including phenoxy) is 1. The third-order valence-electron chi connectivity index (χ3n) is 3.50. The Morgan fingerprint density at radius 3 is 2.64 bits per heavy atom. The average molecular weight is 365 g/mol. The fraction of sp³-hybridized carbons (Fsp3) is 0.353. The van der Waals surface area contributed by atoms with Crippen LogP contribution < -0.4 is 10.6 Å². The van der Waals surface area contributed by atoms with Gasteiger partial charge in [0.1, 0.15) is 0 Å². The van der Waals surface area contributed by atoms with Crippen molar-refractivity contribution in [1.82, 2.24) is 15.5 Å². The molecule has 0 fully saturated rings. The molecule has 7 nitrogen and oxygen atoms in total. The van der Waals surface area contributed by atoms with E-state index in [4.69, 9.17) is 16.3 Å². The summed E-state index contributed by atoms with van der Waals surface area (Å²) in [5, 5.41) is 12.6. The molecule has 0 unspecified atom stereocenters. The number of benzene rings is 1. The molecule has 0 saturated heterocycles. The molecule has 2 rings (SSSR count). The summed E-state index contributed by atoms with van der Waals surface area (Å²) in [6.07, 6.45) is -0.232. The molecule has 0 aliphatic heterocycles. The SMILES string of the molecule is Cc1n[nH]c(C)c1CNC(=O)Nc1cc(C(=O)OC(C)C)ccc1Cl. The van der Waals surface area contributed by atoms with E-state index in [1.54, 1.807) is 26.0 Å². The van der Waals surface area contributed by atoms with Gasteiger partial charge in [0, 0.05) is 17.8 Å². The third kappa shape index (κ3) is 4.96. The highest BCUT2D eigenvalue weighted by Crippen LogP contribution is 2.23. The molecule has 3 N–H and O–H groups in total. The first-order valence-electron chi connectivity index (χ1n) is 7.83. The summed E-state index contributed by atoms with van der Waals surface area (Å²) in [5.41, 5.74) is 3.30. The number of halogens is 1. The number of hydrogen-bond acceptors (Lipinski definition) is 4. The van der Waals surface area contributed by atoms with Gasteiger partial charge in [-0.25, -0.2) is 9.59 Å². The van der Waals surface area contributed by atoms with E-state index < -0.39 is 12.0 Å². The number of esters is 1. The van der Waals surface area contributed by atoms with Gasteiger partial charge in [0.25, 0.3) is 0 Å². The number of carbonyl (C=O) groups is 2. The number of aromatic nitrogens is 2. The molecule has 0 atom stereocenters. The Balaban J connectivity index is 2.03. The lowest BCUT2D eigenvalue weighted by atomic mass is 10.2. The first-order chi connectivity index (χ1) is 11.8. The second-order valence-corrected chi connectivity index (χ2v) is 6.28. The summed E-state index contributed by atoms with van der Waals surface area (Å²) in [4.78, 5) is 24.1. The minimum absolute atomic E-state index is 0.232. The Labute approximate surface area is 151 Å². The second-order valence-electron chi connectivity index (χ2n) is 5.87. The van der Waals surface area contributed by atoms with Crippen LogP contribution in [-0.4, -0.2) is 28.3 Å². The maximum atomic E-state index is 12.1. The van der Waals surface area contributed by atoms with Gasteiger partial charge in [0.15, 0.2) is 0 Å². The normalized spacial score (nSPS) is 10.6. The Hall–Kier alpha value is -2.54. The van der Waals surface area contributed by atoms with E-state index in [0.29, 0.717) is 22.8 Å². The van der Waals surface area contributed by atoms with Crippen LogP contribution in [0.1, 0.15) is 41.2 Å². The van der Waals surface area contributed by atoms with Crippen LogP contribution in [0.4, 0.5) is 10.5 Å². The molecule has 2 aromatic rings. The number of aryl methyl sites for hydroxylation is 2. The van der Waals surface area contributed by atoms with Gasteiger partial charge in [-0.2, -0.15) is 5.10 Å². The molecule has 0 aliphatic carbocycles. The molecule has 2 amide bonds. The van der Waals surface area contributed by atoms with Crippen LogP contribution in [0.25, 0.3) is 0 Å². The largest absolute Gasteiger partial charge is 0.459 e. The van der Waals surface area contributed by atoms with Gasteiger partial charge in [-0.05, 0) is 45.9 Å². The van der Waals surface area contributed by atoms with Crippen LogP contribution >= 0.6 is 11.6 Å². The molecule has 0 aliphatic rings. The maximum Gasteiger partial charge on any atom is 0.338 e. The Bertz CT molecular complexity index is 767. The van der Waals surface area contributed by atoms with Crippen molar-refractivity contribution < 1.29 is 14.3 Å². The number of H-pyrrole nitrogens is 1. The van der Waals surface area contributed by atoms with Crippen molar-refractivity contribution in [3.05, 3.63) is 45.7 Å². The minimum Gasteiger partial charge on any atom is -0.459 e. The number of urea groups is 1. The minimum atomic E-state index is -0.472. The van der Waals surface area contributed by atoms with Gasteiger partial charge in [0.2, 0.25) is 0 Å². The van der Waals surface area contributed by atoms with Gasteiger partial charge < -0.3 is 15.4 Å². The molecule has 1 aromatic heterocycles. The number of rotatable bonds is 5. The van der Waals surface area contributed by atoms with Gasteiger partial charge in [-0.3, -0.25) is 5.10 Å². The lowest BCUT2D eigenvalue weighted by Crippen LogP contribution is -2.28. The molecule has 8 heteroatoms. The van der Waals surface area contributed by atoms with Gasteiger partial charge >= 0.3 is 12.0 Å². The Morgan fingerprint density at radius 1 is 1.32 bits per heavy atom. The first-order valence-corrected chi connectivity index (χ1v) is 8.21. The monoisotopic (exact) mass is 364 g/mol. The molecule has 25 heavy (non-hydrogen) atoms. The number of nitrogens with one attached hydrogen (secondary N) is 3. The number of aromatic amines is 1. The Morgan fingerprint density at radius 2 is 2.04 bits per heavy atom. The summed E-state index contributed by atoms with van der Waals surface area (Å²) >= 11 is 6.09. The van der Waals surface area contributed by atoms with Gasteiger partial charge in [-0.15, -0.1) is 0 Å². The van der Waals surface area contributed by atoms with E-state index >= 15 is 0 Å². The van der Waals surface area contributed by atoms with Crippen molar-refractivity contribution >= 4 is 29.3 Å². The van der Waals surface area contributed by atoms with Gasteiger partial charge in [-0.1, -0.05) is 11.6 Å². The number of anilines is 1. The van der Waals surface area contributed by atoms with Crippen molar-refractivity contribution in [2.75, 3.05) is 5.32 Å². The number of carbonyl (C=O) groups excluding carboxylic acids is 2. The fourth-order valence-electron chi connectivity index (χ4n) is 2.20. The predicted molar refractivity (Wildman–Crippen MR) is 95.9 cm³/mol. The van der Waals surface area contributed by atoms with Crippen LogP contribution in [0.2, 0.25) is 5.02 Å². The summed E-state index contributed by atoms with van der Waals surface area (Å²) in [7, 11) is 0. The predicted octanol–water partition coefficient (Wildman–Crippen LogP) is 3.57. The van der Waals surface area contributed by atoms with Crippen LogP contribution in [0.5, 0.6) is 0 Å². The second kappa shape index (κ2) is 8.02. The standard InChI is InChI=1S/C17H21ClN4O3/c1-9(2)25-16(23)12-5-6-14(18)15(7-12)20-17(24)19-8-13-10(3)21-22-11(13)4/h5-7,9H,8H2,1-4H3,(H,21,22)(H2,19,20,24). The molecule has 0 bridgehead atoms. The Kier molecular flexibility index (Phi) is 6.03. The van der Waals surface area contributed by atoms with Crippen molar-refractivity contribution in [2.45, 2.75) is 40.3 Å². The topological polar surface area (TPSA) is 96.1 Å². The summed E-state index contributed by atoms with van der Waals surface area (Å²) in [5.74, 6) is -0.472. The number of nitrogens with zero attached hydrogens (tertiary/aromatic N) is 1. The zero-order valence-electron chi connectivity index (χ0n) is 14.6. The molecular weight excluding hydrogens is 344 g/mol. The smallest absolute Gasteiger partial charge is 0.338 e. The maximum absolute atomic E-state index is 12.1. The van der Waals surface area contributed by atoms with E-state index in [9.17, 15) is 9.59 Å². The van der Waals surface area contributed by atoms with Crippen LogP contribution in [-0.2, 0) is 11.3 Å². The van der Waals surface area contributed by atoms with Crippen molar-refractivity contribution in [3.63, 3.8) is 0 Å². The van der Waals surface area contributed by atoms with Crippen LogP contribution in [0.15, 0.2) is 18.2 Å². The molecule has 0 saturated carbocycles. The average Bonchev–Trinajstić information content (AvgIpc) is 2.85. The number of hydrogen-bond donors (Lipinski definition) is 3. The lowest BCUT2D eigenvalue weighted by molar-refractivity contribution is 0.0378. The quantitative estimate of drug-likeness (QED) is 0.706. The van der Waals surface area contributed by atoms with E-state index in [1.165, 1.54) is 6.07 Å². The highest BCUT2D eigenvalue weighted by Gasteiger charge is 2.14. The molecule has 1 heterocycles. The highest BCUT2D eigenvalue weighted by atomic mass is 35.5. The molecule has 1 aromatic carbocycles. The van der Waals surface area contributed by atoms with E-state index in [-0.39, 0.29) is 6.10 Å². The van der Waals surface area contributed by atoms with E-state index in [1.807, 2.05) is 13.8 Å². The molecule has 0 spiro atoms. The fourth-order valence-corrected chi connectivity index (χ4v) is 2.36. The van der Waals surface area contributed by atoms with Crippen molar-refractivity contribution in [2.24, 2.45) is 0 Å². The highest BCUT2D eigenvalue weighted by molar-refractivity contribution is 6.33. The third-order valence-corrected chi connectivity index (χ3v) is 3.83. The molecule has 134 valence electrons. The van der Waals surface area contributed by atoms with Gasteiger partial charge in [0.05, 0.1) is 28.1 Å². The zero-order valence-corrected chi connectivity index (χ0v) is 15.3. The summed E-state index contributed by atoms with van der Waals surface area (Å²) < 4.78 is 5.14. The molecule has 0 radical (unpaired) electrons.